The van der Waals surface area contributed by atoms with Gasteiger partial charge in [-0.1, -0.05) is 48.5 Å². The SMILES string of the molecule is C[N+](C)(CCN)CCC[C@H](N)C(=O)N[C@@H](CCc1ccccc1)C(=O)Cc1cnc2ccccc2c1. The van der Waals surface area contributed by atoms with Gasteiger partial charge in [-0.3, -0.25) is 14.6 Å². The predicted octanol–water partition coefficient (Wildman–Crippen LogP) is 2.61. The number of para-hydroxylation sites is 1. The van der Waals surface area contributed by atoms with Gasteiger partial charge in [0.15, 0.2) is 5.78 Å². The van der Waals surface area contributed by atoms with Gasteiger partial charge in [0.25, 0.3) is 0 Å². The normalized spacial score (nSPS) is 13.3. The number of quaternary nitrogens is 1. The first-order chi connectivity index (χ1) is 17.3. The van der Waals surface area contributed by atoms with Crippen LogP contribution in [0.5, 0.6) is 0 Å². The third-order valence-corrected chi connectivity index (χ3v) is 6.64. The Bertz CT molecular complexity index is 1130. The molecule has 7 heteroatoms. The molecule has 5 N–H and O–H groups in total. The number of nitrogens with two attached hydrogens (primary N) is 2. The first kappa shape index (κ1) is 27.5. The zero-order valence-corrected chi connectivity index (χ0v) is 21.5. The second-order valence-electron chi connectivity index (χ2n) is 10.2. The molecule has 7 nitrogen and oxygen atoms in total. The summed E-state index contributed by atoms with van der Waals surface area (Å²) in [5.74, 6) is -0.313. The molecule has 0 radical (unpaired) electrons. The summed E-state index contributed by atoms with van der Waals surface area (Å²) in [7, 11) is 4.25. The molecule has 1 amide bonds. The van der Waals surface area contributed by atoms with Crippen molar-refractivity contribution in [1.82, 2.24) is 10.3 Å². The number of fused-ring (bicyclic) bond motifs is 1. The zero-order chi connectivity index (χ0) is 26.0. The number of nitrogens with zero attached hydrogens (tertiary/aromatic N) is 2. The van der Waals surface area contributed by atoms with Gasteiger partial charge in [0.2, 0.25) is 5.91 Å². The van der Waals surface area contributed by atoms with Crippen LogP contribution in [0.2, 0.25) is 0 Å². The van der Waals surface area contributed by atoms with E-state index in [4.69, 9.17) is 11.5 Å². The van der Waals surface area contributed by atoms with Crippen LogP contribution >= 0.6 is 0 Å². The maximum atomic E-state index is 13.3. The Kier molecular flexibility index (Phi) is 10.1. The van der Waals surface area contributed by atoms with Gasteiger partial charge in [-0.25, -0.2) is 0 Å². The van der Waals surface area contributed by atoms with Crippen molar-refractivity contribution in [2.45, 2.75) is 44.2 Å². The number of carbonyl (C=O) groups is 2. The summed E-state index contributed by atoms with van der Waals surface area (Å²) in [4.78, 5) is 30.8. The smallest absolute Gasteiger partial charge is 0.237 e. The molecule has 2 atom stereocenters. The average Bonchev–Trinajstić information content (AvgIpc) is 2.86. The van der Waals surface area contributed by atoms with Crippen LogP contribution in [0.4, 0.5) is 0 Å². The molecule has 3 aromatic rings. The van der Waals surface area contributed by atoms with Gasteiger partial charge in [-0.05, 0) is 48.9 Å². The minimum absolute atomic E-state index is 0.0377. The molecule has 36 heavy (non-hydrogen) atoms. The third-order valence-electron chi connectivity index (χ3n) is 6.64. The number of aryl methyl sites for hydroxylation is 1. The summed E-state index contributed by atoms with van der Waals surface area (Å²) < 4.78 is 0.794. The largest absolute Gasteiger partial charge is 0.345 e. The summed E-state index contributed by atoms with van der Waals surface area (Å²) in [6, 6.07) is 18.5. The topological polar surface area (TPSA) is 111 Å². The summed E-state index contributed by atoms with van der Waals surface area (Å²) in [5, 5.41) is 3.95. The standard InChI is InChI=1S/C29H39N5O2/c1-34(2,18-16-30)17-8-12-25(31)29(36)33-27(15-14-22-9-4-3-5-10-22)28(35)20-23-19-24-11-6-7-13-26(24)32-21-23/h3-7,9-11,13,19,21,25,27H,8,12,14-18,20,30-31H2,1-2H3/p+1/t25-,27-/m0/s1. The van der Waals surface area contributed by atoms with Gasteiger partial charge >= 0.3 is 0 Å². The summed E-state index contributed by atoms with van der Waals surface area (Å²) in [5.41, 5.74) is 14.8. The monoisotopic (exact) mass is 490 g/mol. The van der Waals surface area contributed by atoms with E-state index in [0.29, 0.717) is 25.8 Å². The minimum Gasteiger partial charge on any atom is -0.345 e. The van der Waals surface area contributed by atoms with Crippen LogP contribution in [0.3, 0.4) is 0 Å². The first-order valence-electron chi connectivity index (χ1n) is 12.8. The Labute approximate surface area is 214 Å². The fourth-order valence-electron chi connectivity index (χ4n) is 4.42. The lowest BCUT2D eigenvalue weighted by atomic mass is 9.97. The molecule has 192 valence electrons. The van der Waals surface area contributed by atoms with Gasteiger partial charge < -0.3 is 21.3 Å². The zero-order valence-electron chi connectivity index (χ0n) is 21.5. The lowest BCUT2D eigenvalue weighted by molar-refractivity contribution is -0.889. The number of amides is 1. The number of hydrogen-bond donors (Lipinski definition) is 3. The fourth-order valence-corrected chi connectivity index (χ4v) is 4.42. The number of likely N-dealkylation sites (N-methyl/N-ethyl adjacent to an activating group) is 1. The summed E-state index contributed by atoms with van der Waals surface area (Å²) in [6.07, 6.45) is 4.52. The van der Waals surface area contributed by atoms with Crippen LogP contribution in [0.25, 0.3) is 10.9 Å². The van der Waals surface area contributed by atoms with Crippen molar-refractivity contribution in [2.75, 3.05) is 33.7 Å². The Morgan fingerprint density at radius 3 is 2.44 bits per heavy atom. The Morgan fingerprint density at radius 2 is 1.69 bits per heavy atom. The fraction of sp³-hybridized carbons (Fsp3) is 0.414. The Morgan fingerprint density at radius 1 is 0.972 bits per heavy atom. The van der Waals surface area contributed by atoms with Crippen molar-refractivity contribution in [3.63, 3.8) is 0 Å². The van der Waals surface area contributed by atoms with Crippen LogP contribution in [0, 0.1) is 0 Å². The second-order valence-corrected chi connectivity index (χ2v) is 10.2. The van der Waals surface area contributed by atoms with Crippen molar-refractivity contribution in [3.8, 4) is 0 Å². The first-order valence-corrected chi connectivity index (χ1v) is 12.8. The van der Waals surface area contributed by atoms with E-state index in [-0.39, 0.29) is 18.1 Å². The van der Waals surface area contributed by atoms with Crippen LogP contribution < -0.4 is 16.8 Å². The van der Waals surface area contributed by atoms with Crippen molar-refractivity contribution >= 4 is 22.6 Å². The number of carbonyl (C=O) groups excluding carboxylic acids is 2. The molecule has 0 saturated heterocycles. The van der Waals surface area contributed by atoms with Crippen molar-refractivity contribution in [1.29, 1.82) is 0 Å². The number of benzene rings is 2. The quantitative estimate of drug-likeness (QED) is 0.301. The van der Waals surface area contributed by atoms with Crippen molar-refractivity contribution in [3.05, 3.63) is 78.0 Å². The van der Waals surface area contributed by atoms with E-state index in [1.807, 2.05) is 60.7 Å². The van der Waals surface area contributed by atoms with E-state index >= 15 is 0 Å². The number of pyridine rings is 1. The number of Topliss-reactive ketones (excluding diaryl/α,β-unsaturated/α-hetero) is 1. The van der Waals surface area contributed by atoms with Crippen molar-refractivity contribution < 1.29 is 14.1 Å². The molecule has 0 aliphatic carbocycles. The van der Waals surface area contributed by atoms with Gasteiger partial charge in [0.1, 0.15) is 0 Å². The summed E-state index contributed by atoms with van der Waals surface area (Å²) >= 11 is 0. The maximum absolute atomic E-state index is 13.3. The van der Waals surface area contributed by atoms with Crippen LogP contribution in [-0.4, -0.2) is 67.0 Å². The van der Waals surface area contributed by atoms with Crippen LogP contribution in [-0.2, 0) is 22.4 Å². The van der Waals surface area contributed by atoms with Gasteiger partial charge in [-0.2, -0.15) is 0 Å². The molecular weight excluding hydrogens is 450 g/mol. The number of nitrogens with one attached hydrogen (secondary N) is 1. The van der Waals surface area contributed by atoms with E-state index in [2.05, 4.69) is 24.4 Å². The molecule has 2 aromatic carbocycles. The van der Waals surface area contributed by atoms with Crippen LogP contribution in [0.1, 0.15) is 30.4 Å². The molecule has 0 unspecified atom stereocenters. The minimum atomic E-state index is -0.655. The average molecular weight is 491 g/mol. The van der Waals surface area contributed by atoms with E-state index in [0.717, 1.165) is 46.0 Å². The molecule has 0 spiro atoms. The highest BCUT2D eigenvalue weighted by molar-refractivity contribution is 5.92. The number of hydrogen-bond acceptors (Lipinski definition) is 5. The van der Waals surface area contributed by atoms with E-state index in [9.17, 15) is 9.59 Å². The van der Waals surface area contributed by atoms with Crippen molar-refractivity contribution in [2.24, 2.45) is 11.5 Å². The van der Waals surface area contributed by atoms with E-state index in [1.165, 1.54) is 0 Å². The Balaban J connectivity index is 1.64. The van der Waals surface area contributed by atoms with Gasteiger partial charge in [-0.15, -0.1) is 0 Å². The van der Waals surface area contributed by atoms with Gasteiger partial charge in [0.05, 0.1) is 44.8 Å². The molecule has 0 aliphatic heterocycles. The highest BCUT2D eigenvalue weighted by Crippen LogP contribution is 2.15. The molecule has 1 heterocycles. The molecule has 0 aliphatic rings. The molecule has 0 saturated carbocycles. The lowest BCUT2D eigenvalue weighted by Gasteiger charge is -2.29. The maximum Gasteiger partial charge on any atom is 0.237 e. The highest BCUT2D eigenvalue weighted by atomic mass is 16.2. The Hall–Kier alpha value is -3.13. The third kappa shape index (κ3) is 8.52. The second kappa shape index (κ2) is 13.3. The number of ketones is 1. The van der Waals surface area contributed by atoms with Crippen LogP contribution in [0.15, 0.2) is 66.9 Å². The van der Waals surface area contributed by atoms with E-state index < -0.39 is 12.1 Å². The summed E-state index contributed by atoms with van der Waals surface area (Å²) in [6.45, 7) is 2.39. The predicted molar refractivity (Wildman–Crippen MR) is 145 cm³/mol. The highest BCUT2D eigenvalue weighted by Gasteiger charge is 2.24. The molecule has 0 bridgehead atoms. The van der Waals surface area contributed by atoms with Gasteiger partial charge in [0, 0.05) is 24.5 Å². The molecular formula is C29H40N5O2+. The number of aromatic nitrogens is 1. The van der Waals surface area contributed by atoms with E-state index in [1.54, 1.807) is 6.20 Å². The molecule has 3 rings (SSSR count). The number of rotatable bonds is 14. The molecule has 1 aromatic heterocycles. The molecule has 0 fully saturated rings. The lowest BCUT2D eigenvalue weighted by Crippen LogP contribution is -2.49.